The summed E-state index contributed by atoms with van der Waals surface area (Å²) >= 11 is 0. The van der Waals surface area contributed by atoms with E-state index >= 15 is 0 Å². The number of primary amides is 1. The summed E-state index contributed by atoms with van der Waals surface area (Å²) < 4.78 is 9.58. The summed E-state index contributed by atoms with van der Waals surface area (Å²) in [6.07, 6.45) is -0.560. The standard InChI is InChI=1S/C16H21NO6S2.C8H9NO2/c18-14(19)7-4-9-24-25-10-8-13(15(20)21)17-16(22)23-11-12-5-2-1-3-6-12;9-8(10)11-6-7-4-2-1-3-5-7/h1-3,5-6,13H,4,7-11H2,(H,17,22)(H,18,19)(H,20,21);1-5H,6H2,(H2,9,10)/t13-;/m0./s1. The van der Waals surface area contributed by atoms with Gasteiger partial charge in [-0.25, -0.2) is 14.4 Å². The molecular formula is C24H30N2O8S2. The van der Waals surface area contributed by atoms with Crippen molar-refractivity contribution in [2.45, 2.75) is 38.5 Å². The first-order valence-electron chi connectivity index (χ1n) is 10.9. The van der Waals surface area contributed by atoms with Gasteiger partial charge >= 0.3 is 24.1 Å². The van der Waals surface area contributed by atoms with Gasteiger partial charge in [-0.05, 0) is 24.0 Å². The molecule has 0 aromatic heterocycles. The number of nitrogens with two attached hydrogens (primary N) is 1. The van der Waals surface area contributed by atoms with Crippen LogP contribution in [0, 0.1) is 0 Å². The van der Waals surface area contributed by atoms with E-state index in [0.717, 1.165) is 11.1 Å². The van der Waals surface area contributed by atoms with Crippen LogP contribution in [0.3, 0.4) is 0 Å². The van der Waals surface area contributed by atoms with Crippen LogP contribution in [0.25, 0.3) is 0 Å². The average Bonchev–Trinajstić information content (AvgIpc) is 2.86. The van der Waals surface area contributed by atoms with Crippen molar-refractivity contribution in [3.63, 3.8) is 0 Å². The van der Waals surface area contributed by atoms with Crippen LogP contribution in [0.15, 0.2) is 60.7 Å². The first kappa shape index (κ1) is 30.7. The zero-order valence-electron chi connectivity index (χ0n) is 19.5. The second kappa shape index (κ2) is 18.9. The van der Waals surface area contributed by atoms with E-state index in [1.54, 1.807) is 12.1 Å². The van der Waals surface area contributed by atoms with Gasteiger partial charge in [0.25, 0.3) is 0 Å². The molecule has 0 saturated heterocycles. The van der Waals surface area contributed by atoms with E-state index in [2.05, 4.69) is 10.1 Å². The lowest BCUT2D eigenvalue weighted by molar-refractivity contribution is -0.139. The molecule has 5 N–H and O–H groups in total. The Hall–Kier alpha value is -3.38. The average molecular weight is 539 g/mol. The van der Waals surface area contributed by atoms with Crippen LogP contribution >= 0.6 is 21.6 Å². The predicted octanol–water partition coefficient (Wildman–Crippen LogP) is 4.28. The van der Waals surface area contributed by atoms with Gasteiger partial charge in [-0.1, -0.05) is 82.3 Å². The minimum atomic E-state index is -1.12. The molecule has 0 heterocycles. The van der Waals surface area contributed by atoms with Crippen molar-refractivity contribution in [1.29, 1.82) is 0 Å². The van der Waals surface area contributed by atoms with Crippen LogP contribution in [0.4, 0.5) is 9.59 Å². The fourth-order valence-corrected chi connectivity index (χ4v) is 4.64. The Labute approximate surface area is 217 Å². The Morgan fingerprint density at radius 3 is 1.86 bits per heavy atom. The third kappa shape index (κ3) is 16.3. The van der Waals surface area contributed by atoms with E-state index in [1.165, 1.54) is 21.6 Å². The van der Waals surface area contributed by atoms with Crippen LogP contribution in [-0.2, 0) is 32.3 Å². The molecule has 10 nitrogen and oxygen atoms in total. The molecule has 0 radical (unpaired) electrons. The van der Waals surface area contributed by atoms with Crippen LogP contribution in [0.1, 0.15) is 30.4 Å². The maximum Gasteiger partial charge on any atom is 0.408 e. The smallest absolute Gasteiger partial charge is 0.408 e. The number of carbonyl (C=O) groups is 4. The van der Waals surface area contributed by atoms with Gasteiger partial charge in [-0.3, -0.25) is 4.79 Å². The topological polar surface area (TPSA) is 165 Å². The highest BCUT2D eigenvalue weighted by molar-refractivity contribution is 8.76. The zero-order chi connectivity index (χ0) is 26.6. The van der Waals surface area contributed by atoms with Gasteiger partial charge in [0.1, 0.15) is 19.3 Å². The number of amides is 2. The number of rotatable bonds is 14. The zero-order valence-corrected chi connectivity index (χ0v) is 21.2. The molecule has 2 aromatic rings. The molecule has 0 saturated carbocycles. The monoisotopic (exact) mass is 538 g/mol. The van der Waals surface area contributed by atoms with Gasteiger partial charge in [0, 0.05) is 17.9 Å². The molecule has 2 aromatic carbocycles. The fourth-order valence-electron chi connectivity index (χ4n) is 2.46. The van der Waals surface area contributed by atoms with E-state index in [0.29, 0.717) is 17.9 Å². The van der Waals surface area contributed by atoms with Gasteiger partial charge in [-0.2, -0.15) is 0 Å². The van der Waals surface area contributed by atoms with E-state index < -0.39 is 30.2 Å². The number of hydrogen-bond donors (Lipinski definition) is 4. The number of alkyl carbamates (subject to hydrolysis) is 1. The molecule has 0 unspecified atom stereocenters. The minimum absolute atomic E-state index is 0.0766. The quantitative estimate of drug-likeness (QED) is 0.201. The van der Waals surface area contributed by atoms with Crippen LogP contribution < -0.4 is 11.1 Å². The van der Waals surface area contributed by atoms with E-state index in [1.807, 2.05) is 48.5 Å². The van der Waals surface area contributed by atoms with Gasteiger partial charge in [-0.15, -0.1) is 0 Å². The molecule has 196 valence electrons. The van der Waals surface area contributed by atoms with Crippen molar-refractivity contribution in [2.24, 2.45) is 5.73 Å². The first-order chi connectivity index (χ1) is 17.3. The molecule has 0 bridgehead atoms. The molecule has 2 amide bonds. The Bertz CT molecular complexity index is 932. The number of benzene rings is 2. The lowest BCUT2D eigenvalue weighted by Crippen LogP contribution is -2.41. The summed E-state index contributed by atoms with van der Waals surface area (Å²) in [5.74, 6) is -0.738. The lowest BCUT2D eigenvalue weighted by Gasteiger charge is -2.14. The van der Waals surface area contributed by atoms with E-state index in [9.17, 15) is 19.2 Å². The lowest BCUT2D eigenvalue weighted by atomic mass is 10.2. The Morgan fingerprint density at radius 2 is 1.36 bits per heavy atom. The summed E-state index contributed by atoms with van der Waals surface area (Å²) in [6, 6.07) is 17.5. The van der Waals surface area contributed by atoms with Crippen molar-refractivity contribution < 1.29 is 38.9 Å². The minimum Gasteiger partial charge on any atom is -0.481 e. The molecule has 12 heteroatoms. The van der Waals surface area contributed by atoms with Gasteiger partial charge < -0.3 is 30.7 Å². The summed E-state index contributed by atoms with van der Waals surface area (Å²) in [4.78, 5) is 43.4. The number of carboxylic acid groups (broad SMARTS) is 2. The normalized spacial score (nSPS) is 10.8. The molecule has 0 aliphatic carbocycles. The molecule has 0 aliphatic heterocycles. The third-order valence-electron chi connectivity index (χ3n) is 4.22. The van der Waals surface area contributed by atoms with Crippen LogP contribution in [0.2, 0.25) is 0 Å². The molecule has 2 rings (SSSR count). The third-order valence-corrected chi connectivity index (χ3v) is 6.74. The van der Waals surface area contributed by atoms with Gasteiger partial charge in [0.2, 0.25) is 0 Å². The summed E-state index contributed by atoms with van der Waals surface area (Å²) in [5.41, 5.74) is 6.53. The molecule has 1 atom stereocenters. The maximum atomic E-state index is 11.7. The largest absolute Gasteiger partial charge is 0.481 e. The summed E-state index contributed by atoms with van der Waals surface area (Å²) in [6.45, 7) is 0.323. The number of hydrogen-bond acceptors (Lipinski definition) is 8. The molecule has 0 aliphatic rings. The maximum absolute atomic E-state index is 11.7. The molecular weight excluding hydrogens is 508 g/mol. The van der Waals surface area contributed by atoms with Crippen LogP contribution in [0.5, 0.6) is 0 Å². The number of ether oxygens (including phenoxy) is 2. The predicted molar refractivity (Wildman–Crippen MR) is 138 cm³/mol. The van der Waals surface area contributed by atoms with Gasteiger partial charge in [0.05, 0.1) is 0 Å². The van der Waals surface area contributed by atoms with E-state index in [4.69, 9.17) is 20.7 Å². The van der Waals surface area contributed by atoms with E-state index in [-0.39, 0.29) is 26.1 Å². The van der Waals surface area contributed by atoms with Gasteiger partial charge in [0.15, 0.2) is 0 Å². The van der Waals surface area contributed by atoms with Crippen molar-refractivity contribution in [3.8, 4) is 0 Å². The Balaban J connectivity index is 0.000000488. The Kier molecular flexibility index (Phi) is 16.1. The number of carboxylic acids is 2. The number of aliphatic carboxylic acids is 2. The molecule has 0 spiro atoms. The number of carbonyl (C=O) groups excluding carboxylic acids is 2. The molecule has 0 fully saturated rings. The van der Waals surface area contributed by atoms with Crippen molar-refractivity contribution in [1.82, 2.24) is 5.32 Å². The summed E-state index contributed by atoms with van der Waals surface area (Å²) in [5, 5.41) is 20.0. The summed E-state index contributed by atoms with van der Waals surface area (Å²) in [7, 11) is 2.95. The highest BCUT2D eigenvalue weighted by Gasteiger charge is 2.20. The Morgan fingerprint density at radius 1 is 0.833 bits per heavy atom. The highest BCUT2D eigenvalue weighted by atomic mass is 33.1. The SMILES string of the molecule is NC(=O)OCc1ccccc1.O=C(O)CCCSSCC[C@H](NC(=O)OCc1ccccc1)C(=O)O. The van der Waals surface area contributed by atoms with Crippen LogP contribution in [-0.4, -0.2) is 51.9 Å². The highest BCUT2D eigenvalue weighted by Crippen LogP contribution is 2.23. The van der Waals surface area contributed by atoms with Crippen molar-refractivity contribution in [2.75, 3.05) is 11.5 Å². The first-order valence-corrected chi connectivity index (χ1v) is 13.4. The van der Waals surface area contributed by atoms with Crippen molar-refractivity contribution >= 4 is 45.7 Å². The second-order valence-corrected chi connectivity index (χ2v) is 9.82. The molecule has 36 heavy (non-hydrogen) atoms. The fraction of sp³-hybridized carbons (Fsp3) is 0.333. The van der Waals surface area contributed by atoms with Crippen molar-refractivity contribution in [3.05, 3.63) is 71.8 Å². The number of nitrogens with one attached hydrogen (secondary N) is 1. The second-order valence-electron chi connectivity index (χ2n) is 7.12.